The van der Waals surface area contributed by atoms with E-state index in [1.54, 1.807) is 0 Å². The minimum atomic E-state index is -3.94. The van der Waals surface area contributed by atoms with Crippen molar-refractivity contribution in [1.82, 2.24) is 9.97 Å². The number of nitrogens with one attached hydrogen (secondary N) is 1. The number of nitrogens with zero attached hydrogens (tertiary/aromatic N) is 2. The van der Waals surface area contributed by atoms with Crippen LogP contribution in [0.4, 0.5) is 5.82 Å². The van der Waals surface area contributed by atoms with Crippen molar-refractivity contribution in [1.29, 1.82) is 0 Å². The van der Waals surface area contributed by atoms with Crippen LogP contribution in [0.5, 0.6) is 0 Å². The fourth-order valence-corrected chi connectivity index (χ4v) is 3.36. The van der Waals surface area contributed by atoms with Crippen LogP contribution in [0.3, 0.4) is 0 Å². The monoisotopic (exact) mass is 415 g/mol. The minimum Gasteiger partial charge on any atom is -0.262 e. The number of benzene rings is 1. The maximum atomic E-state index is 12.2. The molecule has 0 radical (unpaired) electrons. The summed E-state index contributed by atoms with van der Waals surface area (Å²) in [5.41, 5.74) is 0. The first kappa shape index (κ1) is 15.8. The Morgan fingerprint density at radius 3 is 2.55 bits per heavy atom. The molecule has 0 aliphatic carbocycles. The summed E-state index contributed by atoms with van der Waals surface area (Å²) >= 11 is 20.5. The van der Waals surface area contributed by atoms with E-state index < -0.39 is 10.0 Å². The molecule has 0 saturated heterocycles. The van der Waals surface area contributed by atoms with Crippen LogP contribution in [0.15, 0.2) is 33.9 Å². The Balaban J connectivity index is 2.41. The average molecular weight is 417 g/mol. The Bertz CT molecular complexity index is 770. The summed E-state index contributed by atoms with van der Waals surface area (Å²) in [5.74, 6) is -0.0331. The molecule has 20 heavy (non-hydrogen) atoms. The lowest BCUT2D eigenvalue weighted by Gasteiger charge is -2.09. The topological polar surface area (TPSA) is 72.0 Å². The van der Waals surface area contributed by atoms with E-state index in [1.807, 2.05) is 0 Å². The highest BCUT2D eigenvalue weighted by molar-refractivity contribution is 9.10. The van der Waals surface area contributed by atoms with Crippen molar-refractivity contribution in [3.63, 3.8) is 0 Å². The number of hydrogen-bond donors (Lipinski definition) is 1. The van der Waals surface area contributed by atoms with Crippen LogP contribution in [-0.2, 0) is 10.0 Å². The zero-order valence-corrected chi connectivity index (χ0v) is 14.1. The Kier molecular flexibility index (Phi) is 4.76. The zero-order valence-electron chi connectivity index (χ0n) is 9.44. The third-order valence-corrected chi connectivity index (χ3v) is 5.53. The van der Waals surface area contributed by atoms with Crippen molar-refractivity contribution in [2.75, 3.05) is 4.72 Å². The molecule has 0 atom stereocenters. The molecular weight excluding hydrogens is 412 g/mol. The van der Waals surface area contributed by atoms with Crippen LogP contribution in [0.25, 0.3) is 0 Å². The van der Waals surface area contributed by atoms with Gasteiger partial charge in [-0.05, 0) is 28.1 Å². The molecule has 5 nitrogen and oxygen atoms in total. The van der Waals surface area contributed by atoms with Gasteiger partial charge in [-0.25, -0.2) is 18.4 Å². The highest BCUT2D eigenvalue weighted by Gasteiger charge is 2.20. The van der Waals surface area contributed by atoms with E-state index in [2.05, 4.69) is 30.6 Å². The van der Waals surface area contributed by atoms with Gasteiger partial charge in [0.25, 0.3) is 10.0 Å². The molecule has 1 heterocycles. The van der Waals surface area contributed by atoms with E-state index in [0.717, 1.165) is 0 Å². The number of anilines is 1. The largest absolute Gasteiger partial charge is 0.264 e. The Morgan fingerprint density at radius 2 is 1.90 bits per heavy atom. The predicted molar refractivity (Wildman–Crippen MR) is 82.0 cm³/mol. The van der Waals surface area contributed by atoms with Crippen LogP contribution in [0, 0.1) is 0 Å². The third-order valence-electron chi connectivity index (χ3n) is 2.13. The molecule has 2 aromatic rings. The van der Waals surface area contributed by atoms with Crippen molar-refractivity contribution in [2.45, 2.75) is 4.90 Å². The minimum absolute atomic E-state index is 0.0300. The van der Waals surface area contributed by atoms with Crippen molar-refractivity contribution >= 4 is 66.6 Å². The molecule has 0 fully saturated rings. The van der Waals surface area contributed by atoms with Gasteiger partial charge in [0.05, 0.1) is 16.2 Å². The Morgan fingerprint density at radius 1 is 1.20 bits per heavy atom. The van der Waals surface area contributed by atoms with E-state index in [1.165, 1.54) is 24.4 Å². The molecule has 10 heteroatoms. The number of hydrogen-bond acceptors (Lipinski definition) is 4. The van der Waals surface area contributed by atoms with Gasteiger partial charge in [0.15, 0.2) is 11.0 Å². The van der Waals surface area contributed by atoms with Crippen molar-refractivity contribution in [3.05, 3.63) is 44.2 Å². The number of aromatic nitrogens is 2. The maximum Gasteiger partial charge on any atom is 0.264 e. The molecule has 0 aliphatic rings. The second kappa shape index (κ2) is 6.03. The van der Waals surface area contributed by atoms with Gasteiger partial charge in [-0.1, -0.05) is 40.9 Å². The smallest absolute Gasteiger partial charge is 0.262 e. The quantitative estimate of drug-likeness (QED) is 0.819. The molecule has 2 rings (SSSR count). The third kappa shape index (κ3) is 3.35. The molecule has 0 amide bonds. The summed E-state index contributed by atoms with van der Waals surface area (Å²) in [5, 5.41) is 0.0923. The van der Waals surface area contributed by atoms with E-state index in [9.17, 15) is 8.42 Å². The van der Waals surface area contributed by atoms with Gasteiger partial charge < -0.3 is 0 Å². The highest BCUT2D eigenvalue weighted by atomic mass is 79.9. The predicted octanol–water partition coefficient (Wildman–Crippen LogP) is 4.00. The SMILES string of the molecule is O=S(=O)(Nc1cnc(Br)c(Cl)n1)c1cccc(Cl)c1Cl. The lowest BCUT2D eigenvalue weighted by Crippen LogP contribution is -2.14. The first-order valence-corrected chi connectivity index (χ1v) is 8.37. The molecule has 0 saturated carbocycles. The second-order valence-electron chi connectivity index (χ2n) is 3.49. The zero-order chi connectivity index (χ0) is 14.9. The molecule has 1 N–H and O–H groups in total. The molecule has 1 aromatic carbocycles. The van der Waals surface area contributed by atoms with Gasteiger partial charge in [-0.15, -0.1) is 0 Å². The van der Waals surface area contributed by atoms with Crippen LogP contribution < -0.4 is 4.72 Å². The van der Waals surface area contributed by atoms with Gasteiger partial charge in [0, 0.05) is 0 Å². The summed E-state index contributed by atoms with van der Waals surface area (Å²) in [6.45, 7) is 0. The van der Waals surface area contributed by atoms with Crippen LogP contribution >= 0.6 is 50.7 Å². The van der Waals surface area contributed by atoms with E-state index >= 15 is 0 Å². The Labute approximate surface area is 138 Å². The highest BCUT2D eigenvalue weighted by Crippen LogP contribution is 2.30. The van der Waals surface area contributed by atoms with E-state index in [0.29, 0.717) is 4.60 Å². The molecular formula is C10H5BrCl3N3O2S. The summed E-state index contributed by atoms with van der Waals surface area (Å²) in [4.78, 5) is 7.50. The summed E-state index contributed by atoms with van der Waals surface area (Å²) in [6.07, 6.45) is 1.21. The normalized spacial score (nSPS) is 11.4. The number of halogens is 4. The summed E-state index contributed by atoms with van der Waals surface area (Å²) in [6, 6.07) is 4.28. The van der Waals surface area contributed by atoms with Crippen LogP contribution in [0.2, 0.25) is 15.2 Å². The van der Waals surface area contributed by atoms with Crippen LogP contribution in [0.1, 0.15) is 0 Å². The molecule has 106 valence electrons. The number of sulfonamides is 1. The standard InChI is InChI=1S/C10H5BrCl3N3O2S/c11-9-10(14)16-7(4-15-9)17-20(18,19)6-3-1-2-5(12)8(6)13/h1-4H,(H,16,17). The van der Waals surface area contributed by atoms with Gasteiger partial charge in [-0.2, -0.15) is 0 Å². The van der Waals surface area contributed by atoms with Gasteiger partial charge in [0.1, 0.15) is 9.50 Å². The summed E-state index contributed by atoms with van der Waals surface area (Å²) < 4.78 is 26.9. The lowest BCUT2D eigenvalue weighted by atomic mass is 10.4. The second-order valence-corrected chi connectivity index (χ2v) is 7.04. The maximum absolute atomic E-state index is 12.2. The fourth-order valence-electron chi connectivity index (χ4n) is 1.29. The number of rotatable bonds is 3. The molecule has 0 unspecified atom stereocenters. The van der Waals surface area contributed by atoms with E-state index in [4.69, 9.17) is 34.8 Å². The molecule has 0 aliphatic heterocycles. The first-order valence-electron chi connectivity index (χ1n) is 4.96. The van der Waals surface area contributed by atoms with Crippen LogP contribution in [-0.4, -0.2) is 18.4 Å². The molecule has 1 aromatic heterocycles. The molecule has 0 bridgehead atoms. The van der Waals surface area contributed by atoms with E-state index in [-0.39, 0.29) is 25.9 Å². The lowest BCUT2D eigenvalue weighted by molar-refractivity contribution is 0.601. The van der Waals surface area contributed by atoms with Gasteiger partial charge >= 0.3 is 0 Å². The van der Waals surface area contributed by atoms with Crippen molar-refractivity contribution in [3.8, 4) is 0 Å². The fraction of sp³-hybridized carbons (Fsp3) is 0. The van der Waals surface area contributed by atoms with Gasteiger partial charge in [-0.3, -0.25) is 4.72 Å². The van der Waals surface area contributed by atoms with Crippen molar-refractivity contribution in [2.24, 2.45) is 0 Å². The first-order chi connectivity index (χ1) is 9.31. The Hall–Kier alpha value is -0.600. The summed E-state index contributed by atoms with van der Waals surface area (Å²) in [7, 11) is -3.94. The van der Waals surface area contributed by atoms with Crippen molar-refractivity contribution < 1.29 is 8.42 Å². The average Bonchev–Trinajstić information content (AvgIpc) is 2.36. The molecule has 0 spiro atoms. The van der Waals surface area contributed by atoms with Gasteiger partial charge in [0.2, 0.25) is 0 Å².